The number of nitrogens with zero attached hydrogens (tertiary/aromatic N) is 3. The molecule has 2 N–H and O–H groups in total. The number of pyridine rings is 1. The van der Waals surface area contributed by atoms with Gasteiger partial charge in [0.25, 0.3) is 11.8 Å². The van der Waals surface area contributed by atoms with Gasteiger partial charge in [-0.2, -0.15) is 0 Å². The first-order chi connectivity index (χ1) is 10.1. The Bertz CT molecular complexity index is 594. The Morgan fingerprint density at radius 3 is 2.57 bits per heavy atom. The van der Waals surface area contributed by atoms with E-state index >= 15 is 0 Å². The molecular weight excluding hydrogens is 268 g/mol. The van der Waals surface area contributed by atoms with Gasteiger partial charge in [0.1, 0.15) is 0 Å². The highest BCUT2D eigenvalue weighted by Crippen LogP contribution is 2.28. The number of likely N-dealkylation sites (tertiary alicyclic amines) is 1. The minimum absolute atomic E-state index is 0.272. The Balaban J connectivity index is 1.75. The van der Waals surface area contributed by atoms with Crippen LogP contribution in [0.3, 0.4) is 0 Å². The van der Waals surface area contributed by atoms with Gasteiger partial charge in [0.15, 0.2) is 0 Å². The summed E-state index contributed by atoms with van der Waals surface area (Å²) >= 11 is 0. The molecule has 1 saturated heterocycles. The number of piperidine rings is 1. The van der Waals surface area contributed by atoms with Gasteiger partial charge in [-0.15, -0.1) is 0 Å². The topological polar surface area (TPSA) is 79.5 Å². The molecule has 6 nitrogen and oxygen atoms in total. The average Bonchev–Trinajstić information content (AvgIpc) is 2.74. The molecule has 0 atom stereocenters. The standard InChI is InChI=1S/C15H20N4O2/c1-10-13(16)12-11(9-17-10)14(20)19(15(12)21)8-7-18-5-3-2-4-6-18/h9H,2-8,16H2,1H3. The van der Waals surface area contributed by atoms with Crippen molar-refractivity contribution in [1.29, 1.82) is 0 Å². The number of nitrogen functional groups attached to an aromatic ring is 1. The molecule has 112 valence electrons. The van der Waals surface area contributed by atoms with Crippen molar-refractivity contribution >= 4 is 17.5 Å². The minimum Gasteiger partial charge on any atom is -0.397 e. The number of aryl methyl sites for hydroxylation is 1. The van der Waals surface area contributed by atoms with E-state index in [1.165, 1.54) is 30.4 Å². The predicted octanol–water partition coefficient (Wildman–Crippen LogP) is 1.05. The van der Waals surface area contributed by atoms with Crippen molar-refractivity contribution in [2.45, 2.75) is 26.2 Å². The van der Waals surface area contributed by atoms with E-state index in [1.807, 2.05) is 0 Å². The van der Waals surface area contributed by atoms with Gasteiger partial charge in [-0.25, -0.2) is 0 Å². The fourth-order valence-electron chi connectivity index (χ4n) is 3.01. The number of rotatable bonds is 3. The summed E-state index contributed by atoms with van der Waals surface area (Å²) in [7, 11) is 0. The number of imide groups is 1. The van der Waals surface area contributed by atoms with Crippen LogP contribution < -0.4 is 5.73 Å². The van der Waals surface area contributed by atoms with Gasteiger partial charge in [0, 0.05) is 19.3 Å². The van der Waals surface area contributed by atoms with Crippen LogP contribution >= 0.6 is 0 Å². The molecule has 3 heterocycles. The van der Waals surface area contributed by atoms with Crippen LogP contribution in [0.15, 0.2) is 6.20 Å². The predicted molar refractivity (Wildman–Crippen MR) is 79.0 cm³/mol. The molecule has 0 saturated carbocycles. The fourth-order valence-corrected chi connectivity index (χ4v) is 3.01. The summed E-state index contributed by atoms with van der Waals surface area (Å²) in [5, 5.41) is 0. The van der Waals surface area contributed by atoms with E-state index in [0.29, 0.717) is 29.1 Å². The number of hydrogen-bond donors (Lipinski definition) is 1. The molecule has 0 unspecified atom stereocenters. The second-order valence-electron chi connectivity index (χ2n) is 5.71. The van der Waals surface area contributed by atoms with Gasteiger partial charge in [-0.05, 0) is 32.9 Å². The lowest BCUT2D eigenvalue weighted by Crippen LogP contribution is -2.40. The quantitative estimate of drug-likeness (QED) is 0.841. The Hall–Kier alpha value is -1.95. The summed E-state index contributed by atoms with van der Waals surface area (Å²) in [6, 6.07) is 0. The molecule has 0 aliphatic carbocycles. The number of amides is 2. The molecule has 0 spiro atoms. The molecule has 0 aromatic carbocycles. The Labute approximate surface area is 123 Å². The highest BCUT2D eigenvalue weighted by Gasteiger charge is 2.38. The smallest absolute Gasteiger partial charge is 0.263 e. The zero-order valence-corrected chi connectivity index (χ0v) is 12.3. The van der Waals surface area contributed by atoms with Crippen LogP contribution in [0, 0.1) is 6.92 Å². The lowest BCUT2D eigenvalue weighted by Gasteiger charge is -2.27. The Morgan fingerprint density at radius 1 is 1.14 bits per heavy atom. The summed E-state index contributed by atoms with van der Waals surface area (Å²) in [6.45, 7) is 4.99. The zero-order valence-electron chi connectivity index (χ0n) is 12.3. The molecule has 2 amide bonds. The van der Waals surface area contributed by atoms with E-state index in [0.717, 1.165) is 19.6 Å². The van der Waals surface area contributed by atoms with E-state index < -0.39 is 0 Å². The molecule has 21 heavy (non-hydrogen) atoms. The minimum atomic E-state index is -0.282. The van der Waals surface area contributed by atoms with Crippen LogP contribution in [0.1, 0.15) is 45.7 Å². The largest absolute Gasteiger partial charge is 0.397 e. The van der Waals surface area contributed by atoms with Crippen molar-refractivity contribution in [3.05, 3.63) is 23.0 Å². The first kappa shape index (κ1) is 14.0. The number of hydrogen-bond acceptors (Lipinski definition) is 5. The first-order valence-corrected chi connectivity index (χ1v) is 7.43. The summed E-state index contributed by atoms with van der Waals surface area (Å²) in [5.41, 5.74) is 7.49. The number of carbonyl (C=O) groups is 2. The van der Waals surface area contributed by atoms with Crippen LogP contribution in [0.4, 0.5) is 5.69 Å². The molecule has 1 fully saturated rings. The van der Waals surface area contributed by atoms with E-state index in [4.69, 9.17) is 5.73 Å². The maximum Gasteiger partial charge on any atom is 0.263 e. The molecular formula is C15H20N4O2. The van der Waals surface area contributed by atoms with Crippen molar-refractivity contribution in [2.24, 2.45) is 0 Å². The Kier molecular flexibility index (Phi) is 3.63. The van der Waals surface area contributed by atoms with Gasteiger partial charge in [-0.1, -0.05) is 6.42 Å². The molecule has 2 aliphatic rings. The summed E-state index contributed by atoms with van der Waals surface area (Å²) < 4.78 is 0. The van der Waals surface area contributed by atoms with Gasteiger partial charge in [-0.3, -0.25) is 19.5 Å². The summed E-state index contributed by atoms with van der Waals surface area (Å²) in [5.74, 6) is -0.554. The SMILES string of the molecule is Cc1ncc2c(c1N)C(=O)N(CCN1CCCCC1)C2=O. The third kappa shape index (κ3) is 2.40. The maximum atomic E-state index is 12.4. The van der Waals surface area contributed by atoms with Crippen molar-refractivity contribution in [3.8, 4) is 0 Å². The van der Waals surface area contributed by atoms with Gasteiger partial charge in [0.05, 0.1) is 22.5 Å². The molecule has 3 rings (SSSR count). The van der Waals surface area contributed by atoms with Crippen molar-refractivity contribution in [3.63, 3.8) is 0 Å². The number of carbonyl (C=O) groups excluding carboxylic acids is 2. The lowest BCUT2D eigenvalue weighted by atomic mass is 10.1. The van der Waals surface area contributed by atoms with Crippen molar-refractivity contribution < 1.29 is 9.59 Å². The average molecular weight is 288 g/mol. The number of aromatic nitrogens is 1. The van der Waals surface area contributed by atoms with E-state index in [2.05, 4.69) is 9.88 Å². The van der Waals surface area contributed by atoms with Crippen LogP contribution in [0.5, 0.6) is 0 Å². The van der Waals surface area contributed by atoms with Crippen LogP contribution in [0.2, 0.25) is 0 Å². The molecule has 1 aromatic rings. The highest BCUT2D eigenvalue weighted by molar-refractivity contribution is 6.23. The van der Waals surface area contributed by atoms with Crippen molar-refractivity contribution in [1.82, 2.24) is 14.8 Å². The van der Waals surface area contributed by atoms with E-state index in [1.54, 1.807) is 6.92 Å². The monoisotopic (exact) mass is 288 g/mol. The Morgan fingerprint density at radius 2 is 1.86 bits per heavy atom. The van der Waals surface area contributed by atoms with Crippen molar-refractivity contribution in [2.75, 3.05) is 31.9 Å². The van der Waals surface area contributed by atoms with Gasteiger partial charge < -0.3 is 10.6 Å². The molecule has 0 radical (unpaired) electrons. The second-order valence-corrected chi connectivity index (χ2v) is 5.71. The second kappa shape index (κ2) is 5.44. The van der Waals surface area contributed by atoms with Gasteiger partial charge in [0.2, 0.25) is 0 Å². The number of fused-ring (bicyclic) bond motifs is 1. The zero-order chi connectivity index (χ0) is 15.0. The molecule has 1 aromatic heterocycles. The van der Waals surface area contributed by atoms with Gasteiger partial charge >= 0.3 is 0 Å². The highest BCUT2D eigenvalue weighted by atomic mass is 16.2. The fraction of sp³-hybridized carbons (Fsp3) is 0.533. The molecule has 6 heteroatoms. The third-order valence-electron chi connectivity index (χ3n) is 4.34. The summed E-state index contributed by atoms with van der Waals surface area (Å²) in [6.07, 6.45) is 5.11. The lowest BCUT2D eigenvalue weighted by molar-refractivity contribution is 0.0632. The third-order valence-corrected chi connectivity index (χ3v) is 4.34. The number of nitrogens with two attached hydrogens (primary N) is 1. The maximum absolute atomic E-state index is 12.4. The van der Waals surface area contributed by atoms with E-state index in [9.17, 15) is 9.59 Å². The number of anilines is 1. The molecule has 2 aliphatic heterocycles. The van der Waals surface area contributed by atoms with Crippen LogP contribution in [-0.4, -0.2) is 52.8 Å². The van der Waals surface area contributed by atoms with Crippen LogP contribution in [-0.2, 0) is 0 Å². The molecule has 0 bridgehead atoms. The normalized spacial score (nSPS) is 19.2. The first-order valence-electron chi connectivity index (χ1n) is 7.43. The van der Waals surface area contributed by atoms with E-state index in [-0.39, 0.29) is 11.8 Å². The van der Waals surface area contributed by atoms with Crippen LogP contribution in [0.25, 0.3) is 0 Å². The summed E-state index contributed by atoms with van der Waals surface area (Å²) in [4.78, 5) is 32.5.